The molecule has 0 bridgehead atoms. The van der Waals surface area contributed by atoms with Crippen molar-refractivity contribution in [2.24, 2.45) is 0 Å². The average Bonchev–Trinajstić information content (AvgIpc) is 2.66. The van der Waals surface area contributed by atoms with Crippen molar-refractivity contribution < 1.29 is 13.6 Å². The van der Waals surface area contributed by atoms with E-state index in [-0.39, 0.29) is 5.63 Å². The standard InChI is InChI=1S/C15H14O4/c1-8-6-13(16)19-15-10(8)4-5-12-14(15)11(7-17-3)9(2)18-12/h4-6H,7H2,1-3H3. The summed E-state index contributed by atoms with van der Waals surface area (Å²) < 4.78 is 16.3. The van der Waals surface area contributed by atoms with Crippen molar-refractivity contribution >= 4 is 21.9 Å². The molecule has 0 saturated heterocycles. The van der Waals surface area contributed by atoms with Crippen molar-refractivity contribution in [2.45, 2.75) is 20.5 Å². The Morgan fingerprint density at radius 3 is 2.74 bits per heavy atom. The molecule has 0 aliphatic carbocycles. The fourth-order valence-corrected chi connectivity index (χ4v) is 2.46. The number of hydrogen-bond donors (Lipinski definition) is 0. The Labute approximate surface area is 109 Å². The second-order valence-corrected chi connectivity index (χ2v) is 4.63. The van der Waals surface area contributed by atoms with E-state index >= 15 is 0 Å². The maximum absolute atomic E-state index is 11.6. The SMILES string of the molecule is COCc1c(C)oc2ccc3c(C)cc(=O)oc3c12. The first kappa shape index (κ1) is 12.0. The van der Waals surface area contributed by atoms with Crippen LogP contribution in [0.2, 0.25) is 0 Å². The van der Waals surface area contributed by atoms with Gasteiger partial charge in [-0.15, -0.1) is 0 Å². The van der Waals surface area contributed by atoms with Gasteiger partial charge in [-0.05, 0) is 31.5 Å². The summed E-state index contributed by atoms with van der Waals surface area (Å²) in [6.45, 7) is 4.21. The van der Waals surface area contributed by atoms with Crippen LogP contribution in [0.4, 0.5) is 0 Å². The topological polar surface area (TPSA) is 52.6 Å². The molecule has 0 saturated carbocycles. The van der Waals surface area contributed by atoms with Crippen LogP contribution in [0.25, 0.3) is 21.9 Å². The van der Waals surface area contributed by atoms with E-state index in [1.165, 1.54) is 6.07 Å². The van der Waals surface area contributed by atoms with Crippen LogP contribution >= 0.6 is 0 Å². The number of methoxy groups -OCH3 is 1. The predicted molar refractivity (Wildman–Crippen MR) is 72.4 cm³/mol. The van der Waals surface area contributed by atoms with Crippen molar-refractivity contribution in [1.82, 2.24) is 0 Å². The largest absolute Gasteiger partial charge is 0.461 e. The fraction of sp³-hybridized carbons (Fsp3) is 0.267. The average molecular weight is 258 g/mol. The van der Waals surface area contributed by atoms with Gasteiger partial charge in [0, 0.05) is 24.1 Å². The Hall–Kier alpha value is -2.07. The number of benzene rings is 1. The highest BCUT2D eigenvalue weighted by Crippen LogP contribution is 2.33. The molecule has 0 atom stereocenters. The number of rotatable bonds is 2. The summed E-state index contributed by atoms with van der Waals surface area (Å²) in [4.78, 5) is 11.6. The molecule has 2 heterocycles. The Morgan fingerprint density at radius 2 is 2.00 bits per heavy atom. The Morgan fingerprint density at radius 1 is 1.21 bits per heavy atom. The summed E-state index contributed by atoms with van der Waals surface area (Å²) >= 11 is 0. The molecule has 2 aromatic heterocycles. The van der Waals surface area contributed by atoms with E-state index in [4.69, 9.17) is 13.6 Å². The molecule has 4 nitrogen and oxygen atoms in total. The van der Waals surface area contributed by atoms with Gasteiger partial charge < -0.3 is 13.6 Å². The van der Waals surface area contributed by atoms with Gasteiger partial charge in [0.2, 0.25) is 0 Å². The van der Waals surface area contributed by atoms with Gasteiger partial charge >= 0.3 is 5.63 Å². The van der Waals surface area contributed by atoms with Crippen molar-refractivity contribution in [3.63, 3.8) is 0 Å². The van der Waals surface area contributed by atoms with Gasteiger partial charge in [0.25, 0.3) is 0 Å². The summed E-state index contributed by atoms with van der Waals surface area (Å²) in [5.41, 5.74) is 2.77. The van der Waals surface area contributed by atoms with Crippen LogP contribution in [0.15, 0.2) is 31.8 Å². The molecule has 3 rings (SSSR count). The smallest absolute Gasteiger partial charge is 0.336 e. The molecule has 0 unspecified atom stereocenters. The Kier molecular flexibility index (Phi) is 2.68. The molecule has 0 spiro atoms. The van der Waals surface area contributed by atoms with Gasteiger partial charge in [0.15, 0.2) is 0 Å². The monoisotopic (exact) mass is 258 g/mol. The zero-order valence-corrected chi connectivity index (χ0v) is 11.1. The van der Waals surface area contributed by atoms with Crippen molar-refractivity contribution in [3.05, 3.63) is 45.5 Å². The molecule has 98 valence electrons. The third-order valence-electron chi connectivity index (χ3n) is 3.36. The zero-order valence-electron chi connectivity index (χ0n) is 11.1. The van der Waals surface area contributed by atoms with Crippen LogP contribution in [0.1, 0.15) is 16.9 Å². The maximum atomic E-state index is 11.6. The number of fused-ring (bicyclic) bond motifs is 3. The molecule has 3 aromatic rings. The summed E-state index contributed by atoms with van der Waals surface area (Å²) in [6.07, 6.45) is 0. The lowest BCUT2D eigenvalue weighted by Crippen LogP contribution is -1.98. The normalized spacial score (nSPS) is 11.5. The highest BCUT2D eigenvalue weighted by Gasteiger charge is 2.16. The Bertz CT molecular complexity index is 823. The Balaban J connectivity index is 2.53. The third kappa shape index (κ3) is 1.76. The van der Waals surface area contributed by atoms with Crippen molar-refractivity contribution in [3.8, 4) is 0 Å². The van der Waals surface area contributed by atoms with Crippen molar-refractivity contribution in [2.75, 3.05) is 7.11 Å². The van der Waals surface area contributed by atoms with Crippen LogP contribution in [0.3, 0.4) is 0 Å². The van der Waals surface area contributed by atoms with Gasteiger partial charge in [-0.2, -0.15) is 0 Å². The zero-order chi connectivity index (χ0) is 13.6. The van der Waals surface area contributed by atoms with E-state index in [2.05, 4.69) is 0 Å². The van der Waals surface area contributed by atoms with Gasteiger partial charge in [-0.1, -0.05) is 0 Å². The maximum Gasteiger partial charge on any atom is 0.336 e. The quantitative estimate of drug-likeness (QED) is 0.662. The number of ether oxygens (including phenoxy) is 1. The first-order valence-corrected chi connectivity index (χ1v) is 6.06. The second-order valence-electron chi connectivity index (χ2n) is 4.63. The minimum absolute atomic E-state index is 0.347. The second kappa shape index (κ2) is 4.24. The van der Waals surface area contributed by atoms with E-state index in [1.807, 2.05) is 26.0 Å². The van der Waals surface area contributed by atoms with Gasteiger partial charge in [-0.25, -0.2) is 4.79 Å². The van der Waals surface area contributed by atoms with Gasteiger partial charge in [-0.3, -0.25) is 0 Å². The molecule has 4 heteroatoms. The minimum Gasteiger partial charge on any atom is -0.461 e. The molecule has 0 aliphatic rings. The highest BCUT2D eigenvalue weighted by molar-refractivity contribution is 6.05. The number of furan rings is 1. The van der Waals surface area contributed by atoms with Gasteiger partial charge in [0.1, 0.15) is 16.9 Å². The van der Waals surface area contributed by atoms with Crippen LogP contribution in [0, 0.1) is 13.8 Å². The number of hydrogen-bond acceptors (Lipinski definition) is 4. The van der Waals surface area contributed by atoms with E-state index in [9.17, 15) is 4.79 Å². The van der Waals surface area contributed by atoms with E-state index in [1.54, 1.807) is 7.11 Å². The highest BCUT2D eigenvalue weighted by atomic mass is 16.5. The molecule has 0 fully saturated rings. The first-order chi connectivity index (χ1) is 9.11. The molecular weight excluding hydrogens is 244 g/mol. The van der Waals surface area contributed by atoms with Gasteiger partial charge in [0.05, 0.1) is 12.0 Å². The summed E-state index contributed by atoms with van der Waals surface area (Å²) in [7, 11) is 1.63. The predicted octanol–water partition coefficient (Wildman–Crippen LogP) is 3.30. The summed E-state index contributed by atoms with van der Waals surface area (Å²) in [5, 5.41) is 1.75. The lowest BCUT2D eigenvalue weighted by Gasteiger charge is -2.03. The molecular formula is C15H14O4. The molecule has 1 aromatic carbocycles. The van der Waals surface area contributed by atoms with E-state index in [0.29, 0.717) is 17.8 Å². The van der Waals surface area contributed by atoms with Crippen LogP contribution in [-0.4, -0.2) is 7.11 Å². The fourth-order valence-electron chi connectivity index (χ4n) is 2.46. The van der Waals surface area contributed by atoms with Crippen LogP contribution in [0.5, 0.6) is 0 Å². The molecule has 0 radical (unpaired) electrons. The summed E-state index contributed by atoms with van der Waals surface area (Å²) in [6, 6.07) is 5.31. The van der Waals surface area contributed by atoms with E-state index < -0.39 is 0 Å². The van der Waals surface area contributed by atoms with Crippen LogP contribution in [-0.2, 0) is 11.3 Å². The lowest BCUT2D eigenvalue weighted by molar-refractivity contribution is 0.184. The van der Waals surface area contributed by atoms with Crippen molar-refractivity contribution in [1.29, 1.82) is 0 Å². The minimum atomic E-state index is -0.347. The molecule has 0 aliphatic heterocycles. The summed E-state index contributed by atoms with van der Waals surface area (Å²) in [5.74, 6) is 0.786. The van der Waals surface area contributed by atoms with Crippen LogP contribution < -0.4 is 5.63 Å². The first-order valence-electron chi connectivity index (χ1n) is 6.06. The number of aryl methyl sites for hydroxylation is 2. The molecule has 0 amide bonds. The molecule has 19 heavy (non-hydrogen) atoms. The van der Waals surface area contributed by atoms with E-state index in [0.717, 1.165) is 27.7 Å². The lowest BCUT2D eigenvalue weighted by atomic mass is 10.1. The molecule has 0 N–H and O–H groups in total. The third-order valence-corrected chi connectivity index (χ3v) is 3.36.